The van der Waals surface area contributed by atoms with Crippen molar-refractivity contribution in [3.05, 3.63) is 0 Å². The van der Waals surface area contributed by atoms with Crippen molar-refractivity contribution < 1.29 is 9.53 Å². The molecule has 1 unspecified atom stereocenters. The van der Waals surface area contributed by atoms with Crippen LogP contribution < -0.4 is 5.73 Å². The molecule has 0 aromatic rings. The molecule has 0 aromatic heterocycles. The molecule has 1 aliphatic carbocycles. The summed E-state index contributed by atoms with van der Waals surface area (Å²) < 4.78 is 5.46. The van der Waals surface area contributed by atoms with Crippen molar-refractivity contribution in [1.29, 1.82) is 0 Å². The number of nitrogens with two attached hydrogens (primary N) is 1. The van der Waals surface area contributed by atoms with Crippen LogP contribution in [0.4, 0.5) is 0 Å². The maximum absolute atomic E-state index is 11.8. The Morgan fingerprint density at radius 1 is 1.25 bits per heavy atom. The molecule has 0 radical (unpaired) electrons. The summed E-state index contributed by atoms with van der Waals surface area (Å²) in [7, 11) is 0. The van der Waals surface area contributed by atoms with Crippen molar-refractivity contribution in [2.45, 2.75) is 65.0 Å². The average molecular weight is 227 g/mol. The molecule has 3 heteroatoms. The molecule has 16 heavy (non-hydrogen) atoms. The summed E-state index contributed by atoms with van der Waals surface area (Å²) in [4.78, 5) is 11.8. The molecule has 1 atom stereocenters. The second-order valence-electron chi connectivity index (χ2n) is 5.49. The van der Waals surface area contributed by atoms with Gasteiger partial charge in [-0.3, -0.25) is 4.79 Å². The Balaban J connectivity index is 2.29. The van der Waals surface area contributed by atoms with Gasteiger partial charge in [-0.05, 0) is 44.9 Å². The zero-order valence-electron chi connectivity index (χ0n) is 10.7. The normalized spacial score (nSPS) is 27.8. The van der Waals surface area contributed by atoms with Crippen molar-refractivity contribution in [2.24, 2.45) is 17.6 Å². The molecule has 1 aliphatic rings. The SMILES string of the molecule is CC(C)CC(C)OC(=O)C1CCC(N)CC1. The fourth-order valence-electron chi connectivity index (χ4n) is 2.36. The molecule has 0 saturated heterocycles. The topological polar surface area (TPSA) is 52.3 Å². The Morgan fingerprint density at radius 3 is 2.31 bits per heavy atom. The summed E-state index contributed by atoms with van der Waals surface area (Å²) in [5.74, 6) is 0.650. The highest BCUT2D eigenvalue weighted by molar-refractivity contribution is 5.72. The Morgan fingerprint density at radius 2 is 1.81 bits per heavy atom. The van der Waals surface area contributed by atoms with Crippen LogP contribution >= 0.6 is 0 Å². The monoisotopic (exact) mass is 227 g/mol. The first kappa shape index (κ1) is 13.5. The summed E-state index contributed by atoms with van der Waals surface area (Å²) in [6, 6.07) is 0.289. The van der Waals surface area contributed by atoms with Gasteiger partial charge in [-0.25, -0.2) is 0 Å². The predicted octanol–water partition coefficient (Wildman–Crippen LogP) is 2.48. The molecule has 0 spiro atoms. The van der Waals surface area contributed by atoms with Gasteiger partial charge in [-0.15, -0.1) is 0 Å². The fraction of sp³-hybridized carbons (Fsp3) is 0.923. The molecular formula is C13H25NO2. The van der Waals surface area contributed by atoms with Crippen molar-refractivity contribution in [2.75, 3.05) is 0 Å². The van der Waals surface area contributed by atoms with Crippen LogP contribution in [0.3, 0.4) is 0 Å². The van der Waals surface area contributed by atoms with E-state index in [1.165, 1.54) is 0 Å². The Hall–Kier alpha value is -0.570. The quantitative estimate of drug-likeness (QED) is 0.751. The fourth-order valence-corrected chi connectivity index (χ4v) is 2.36. The summed E-state index contributed by atoms with van der Waals surface area (Å²) in [6.07, 6.45) is 4.69. The van der Waals surface area contributed by atoms with Gasteiger partial charge in [-0.2, -0.15) is 0 Å². The minimum Gasteiger partial charge on any atom is -0.462 e. The van der Waals surface area contributed by atoms with Crippen molar-refractivity contribution in [1.82, 2.24) is 0 Å². The van der Waals surface area contributed by atoms with E-state index in [9.17, 15) is 4.79 Å². The number of carbonyl (C=O) groups is 1. The first-order valence-electron chi connectivity index (χ1n) is 6.45. The van der Waals surface area contributed by atoms with Crippen LogP contribution in [0.1, 0.15) is 52.9 Å². The van der Waals surface area contributed by atoms with Crippen LogP contribution in [0.15, 0.2) is 0 Å². The van der Waals surface area contributed by atoms with Gasteiger partial charge in [0.05, 0.1) is 12.0 Å². The zero-order valence-corrected chi connectivity index (χ0v) is 10.7. The lowest BCUT2D eigenvalue weighted by Gasteiger charge is -2.26. The molecule has 3 nitrogen and oxygen atoms in total. The Bertz CT molecular complexity index is 220. The molecule has 1 fully saturated rings. The third-order valence-electron chi connectivity index (χ3n) is 3.23. The van der Waals surface area contributed by atoms with Crippen LogP contribution in [-0.4, -0.2) is 18.1 Å². The van der Waals surface area contributed by atoms with Gasteiger partial charge < -0.3 is 10.5 Å². The lowest BCUT2D eigenvalue weighted by Crippen LogP contribution is -2.32. The van der Waals surface area contributed by atoms with E-state index in [2.05, 4.69) is 13.8 Å². The Labute approximate surface area is 98.7 Å². The lowest BCUT2D eigenvalue weighted by molar-refractivity contribution is -0.155. The number of hydrogen-bond donors (Lipinski definition) is 1. The number of rotatable bonds is 4. The van der Waals surface area contributed by atoms with Crippen LogP contribution in [-0.2, 0) is 9.53 Å². The van der Waals surface area contributed by atoms with E-state index in [-0.39, 0.29) is 24.0 Å². The van der Waals surface area contributed by atoms with E-state index in [4.69, 9.17) is 10.5 Å². The Kier molecular flexibility index (Phi) is 5.26. The second-order valence-corrected chi connectivity index (χ2v) is 5.49. The average Bonchev–Trinajstić information content (AvgIpc) is 2.16. The minimum absolute atomic E-state index is 0.0138. The summed E-state index contributed by atoms with van der Waals surface area (Å²) in [5, 5.41) is 0. The zero-order chi connectivity index (χ0) is 12.1. The van der Waals surface area contributed by atoms with Crippen molar-refractivity contribution in [3.63, 3.8) is 0 Å². The molecule has 0 amide bonds. The first-order chi connectivity index (χ1) is 7.49. The maximum Gasteiger partial charge on any atom is 0.309 e. The van der Waals surface area contributed by atoms with Crippen LogP contribution in [0, 0.1) is 11.8 Å². The number of esters is 1. The van der Waals surface area contributed by atoms with Crippen molar-refractivity contribution in [3.8, 4) is 0 Å². The summed E-state index contributed by atoms with van der Waals surface area (Å²) in [5.41, 5.74) is 5.81. The minimum atomic E-state index is -0.0138. The summed E-state index contributed by atoms with van der Waals surface area (Å²) in [6.45, 7) is 6.26. The van der Waals surface area contributed by atoms with Gasteiger partial charge in [0.25, 0.3) is 0 Å². The first-order valence-corrected chi connectivity index (χ1v) is 6.45. The number of carbonyl (C=O) groups excluding carboxylic acids is 1. The van der Waals surface area contributed by atoms with Gasteiger partial charge in [0.1, 0.15) is 0 Å². The second kappa shape index (κ2) is 6.24. The maximum atomic E-state index is 11.8. The van der Waals surface area contributed by atoms with E-state index in [1.807, 2.05) is 6.92 Å². The van der Waals surface area contributed by atoms with Gasteiger partial charge in [-0.1, -0.05) is 13.8 Å². The molecule has 0 aliphatic heterocycles. The van der Waals surface area contributed by atoms with Gasteiger partial charge in [0.15, 0.2) is 0 Å². The van der Waals surface area contributed by atoms with E-state index >= 15 is 0 Å². The largest absolute Gasteiger partial charge is 0.462 e. The molecule has 94 valence electrons. The van der Waals surface area contributed by atoms with Crippen LogP contribution in [0.2, 0.25) is 0 Å². The highest BCUT2D eigenvalue weighted by Gasteiger charge is 2.26. The third kappa shape index (κ3) is 4.52. The van der Waals surface area contributed by atoms with Crippen molar-refractivity contribution >= 4 is 5.97 Å². The molecule has 1 saturated carbocycles. The molecule has 0 bridgehead atoms. The van der Waals surface area contributed by atoms with Crippen LogP contribution in [0.5, 0.6) is 0 Å². The smallest absolute Gasteiger partial charge is 0.309 e. The number of ether oxygens (including phenoxy) is 1. The van der Waals surface area contributed by atoms with E-state index in [0.29, 0.717) is 5.92 Å². The third-order valence-corrected chi connectivity index (χ3v) is 3.23. The molecule has 1 rings (SSSR count). The lowest BCUT2D eigenvalue weighted by atomic mass is 9.86. The van der Waals surface area contributed by atoms with Gasteiger partial charge in [0.2, 0.25) is 0 Å². The van der Waals surface area contributed by atoms with E-state index in [1.54, 1.807) is 0 Å². The van der Waals surface area contributed by atoms with Gasteiger partial charge in [0, 0.05) is 6.04 Å². The number of hydrogen-bond acceptors (Lipinski definition) is 3. The highest BCUT2D eigenvalue weighted by atomic mass is 16.5. The molecular weight excluding hydrogens is 202 g/mol. The molecule has 0 heterocycles. The predicted molar refractivity (Wildman–Crippen MR) is 64.9 cm³/mol. The molecule has 2 N–H and O–H groups in total. The molecule has 0 aromatic carbocycles. The van der Waals surface area contributed by atoms with E-state index < -0.39 is 0 Å². The van der Waals surface area contributed by atoms with Crippen LogP contribution in [0.25, 0.3) is 0 Å². The highest BCUT2D eigenvalue weighted by Crippen LogP contribution is 2.25. The standard InChI is InChI=1S/C13H25NO2/c1-9(2)8-10(3)16-13(15)11-4-6-12(14)7-5-11/h9-12H,4-8,14H2,1-3H3. The summed E-state index contributed by atoms with van der Waals surface area (Å²) >= 11 is 0. The van der Waals surface area contributed by atoms with Gasteiger partial charge >= 0.3 is 5.97 Å². The van der Waals surface area contributed by atoms with E-state index in [0.717, 1.165) is 32.1 Å².